The van der Waals surface area contributed by atoms with E-state index in [4.69, 9.17) is 14.2 Å². The first-order valence-corrected chi connectivity index (χ1v) is 9.69. The molecule has 30 heavy (non-hydrogen) atoms. The number of nitrogens with zero attached hydrogens (tertiary/aromatic N) is 1. The molecule has 0 N–H and O–H groups in total. The smallest absolute Gasteiger partial charge is 0.410 e. The summed E-state index contributed by atoms with van der Waals surface area (Å²) in [6.45, 7) is 2.43. The lowest BCUT2D eigenvalue weighted by Gasteiger charge is -2.29. The van der Waals surface area contributed by atoms with Crippen molar-refractivity contribution in [2.75, 3.05) is 33.9 Å². The molecule has 1 saturated heterocycles. The molecule has 0 atom stereocenters. The minimum absolute atomic E-state index is 0.0813. The minimum Gasteiger partial charge on any atom is -0.497 e. The predicted octanol–water partition coefficient (Wildman–Crippen LogP) is 4.21. The Morgan fingerprint density at radius 1 is 0.867 bits per heavy atom. The lowest BCUT2D eigenvalue weighted by Crippen LogP contribution is -2.41. The molecule has 6 heteroatoms. The highest BCUT2D eigenvalue weighted by atomic mass is 16.6. The highest BCUT2D eigenvalue weighted by Crippen LogP contribution is 2.24. The number of amides is 1. The Kier molecular flexibility index (Phi) is 6.91. The third-order valence-electron chi connectivity index (χ3n) is 4.75. The van der Waals surface area contributed by atoms with Crippen LogP contribution in [0.15, 0.2) is 59.7 Å². The van der Waals surface area contributed by atoms with Crippen LogP contribution in [-0.2, 0) is 9.53 Å². The maximum atomic E-state index is 13.1. The maximum absolute atomic E-state index is 13.1. The molecule has 0 unspecified atom stereocenters. The summed E-state index contributed by atoms with van der Waals surface area (Å²) in [5.74, 6) is 1.39. The van der Waals surface area contributed by atoms with Crippen LogP contribution in [0.25, 0.3) is 12.2 Å². The zero-order valence-corrected chi connectivity index (χ0v) is 17.4. The van der Waals surface area contributed by atoms with E-state index in [9.17, 15) is 9.59 Å². The van der Waals surface area contributed by atoms with Gasteiger partial charge in [0.25, 0.3) is 0 Å². The molecule has 2 aromatic carbocycles. The number of rotatable bonds is 5. The first kappa shape index (κ1) is 21.2. The van der Waals surface area contributed by atoms with Crippen molar-refractivity contribution in [3.63, 3.8) is 0 Å². The molecule has 6 nitrogen and oxygen atoms in total. The molecule has 0 saturated carbocycles. The number of benzene rings is 2. The van der Waals surface area contributed by atoms with Crippen LogP contribution in [0.4, 0.5) is 4.79 Å². The summed E-state index contributed by atoms with van der Waals surface area (Å²) in [7, 11) is 3.21. The number of hydrogen-bond acceptors (Lipinski definition) is 5. The number of methoxy groups -OCH3 is 2. The zero-order valence-electron chi connectivity index (χ0n) is 17.4. The predicted molar refractivity (Wildman–Crippen MR) is 116 cm³/mol. The van der Waals surface area contributed by atoms with Crippen molar-refractivity contribution in [2.45, 2.75) is 6.92 Å². The monoisotopic (exact) mass is 407 g/mol. The van der Waals surface area contributed by atoms with E-state index < -0.39 is 6.09 Å². The average molecular weight is 407 g/mol. The molecule has 1 heterocycles. The summed E-state index contributed by atoms with van der Waals surface area (Å²) in [5.41, 5.74) is 2.76. The molecule has 1 aliphatic heterocycles. The van der Waals surface area contributed by atoms with Crippen molar-refractivity contribution in [2.24, 2.45) is 0 Å². The SMILES string of the molecule is CCOC(=O)N1C/C(=C/c2ccc(OC)cc2)C(=O)/C(=C/c2ccc(OC)cc2)C1. The van der Waals surface area contributed by atoms with Crippen molar-refractivity contribution in [3.8, 4) is 11.5 Å². The van der Waals surface area contributed by atoms with E-state index in [0.29, 0.717) is 11.1 Å². The van der Waals surface area contributed by atoms with Crippen LogP contribution in [0, 0.1) is 0 Å². The highest BCUT2D eigenvalue weighted by Gasteiger charge is 2.29. The van der Waals surface area contributed by atoms with E-state index in [-0.39, 0.29) is 25.5 Å². The van der Waals surface area contributed by atoms with Crippen LogP contribution in [0.5, 0.6) is 11.5 Å². The first-order valence-electron chi connectivity index (χ1n) is 9.69. The molecule has 0 radical (unpaired) electrons. The highest BCUT2D eigenvalue weighted by molar-refractivity contribution is 6.15. The second-order valence-electron chi connectivity index (χ2n) is 6.77. The van der Waals surface area contributed by atoms with E-state index in [2.05, 4.69) is 0 Å². The second-order valence-corrected chi connectivity index (χ2v) is 6.77. The van der Waals surface area contributed by atoms with Crippen molar-refractivity contribution in [1.29, 1.82) is 0 Å². The molecule has 156 valence electrons. The number of piperidine rings is 1. The summed E-state index contributed by atoms with van der Waals surface area (Å²) in [4.78, 5) is 27.1. The molecular weight excluding hydrogens is 382 g/mol. The van der Waals surface area contributed by atoms with Crippen LogP contribution in [0.1, 0.15) is 18.1 Å². The summed E-state index contributed by atoms with van der Waals surface area (Å²) in [6, 6.07) is 14.8. The van der Waals surface area contributed by atoms with Gasteiger partial charge in [0.2, 0.25) is 0 Å². The lowest BCUT2D eigenvalue weighted by atomic mass is 9.94. The Morgan fingerprint density at radius 2 is 1.30 bits per heavy atom. The van der Waals surface area contributed by atoms with E-state index in [0.717, 1.165) is 22.6 Å². The largest absolute Gasteiger partial charge is 0.497 e. The van der Waals surface area contributed by atoms with Gasteiger partial charge in [-0.3, -0.25) is 9.69 Å². The fourth-order valence-electron chi connectivity index (χ4n) is 3.19. The number of ketones is 1. The average Bonchev–Trinajstić information content (AvgIpc) is 2.77. The number of ether oxygens (including phenoxy) is 3. The Morgan fingerprint density at radius 3 is 1.67 bits per heavy atom. The van der Waals surface area contributed by atoms with E-state index in [1.54, 1.807) is 33.3 Å². The van der Waals surface area contributed by atoms with Crippen molar-refractivity contribution < 1.29 is 23.8 Å². The fraction of sp³-hybridized carbons (Fsp3) is 0.250. The number of carbonyl (C=O) groups is 2. The Hall–Kier alpha value is -3.54. The summed E-state index contributed by atoms with van der Waals surface area (Å²) >= 11 is 0. The van der Waals surface area contributed by atoms with E-state index in [1.165, 1.54) is 4.90 Å². The molecule has 1 aliphatic rings. The molecule has 1 fully saturated rings. The molecule has 0 aliphatic carbocycles. The van der Waals surface area contributed by atoms with Gasteiger partial charge < -0.3 is 14.2 Å². The van der Waals surface area contributed by atoms with Crippen LogP contribution in [-0.4, -0.2) is 50.7 Å². The van der Waals surface area contributed by atoms with Gasteiger partial charge in [-0.15, -0.1) is 0 Å². The van der Waals surface area contributed by atoms with Crippen molar-refractivity contribution in [3.05, 3.63) is 70.8 Å². The van der Waals surface area contributed by atoms with Crippen molar-refractivity contribution in [1.82, 2.24) is 4.90 Å². The lowest BCUT2D eigenvalue weighted by molar-refractivity contribution is -0.113. The van der Waals surface area contributed by atoms with Gasteiger partial charge in [-0.25, -0.2) is 4.79 Å². The standard InChI is InChI=1S/C24H25NO5/c1-4-30-24(27)25-15-19(13-17-5-9-21(28-2)10-6-17)23(26)20(16-25)14-18-7-11-22(29-3)12-8-18/h5-14H,4,15-16H2,1-3H3/b19-13-,20-14+. The van der Waals surface area contributed by atoms with E-state index >= 15 is 0 Å². The topological polar surface area (TPSA) is 65.1 Å². The number of likely N-dealkylation sites (tertiary alicyclic amines) is 1. The van der Waals surface area contributed by atoms with Crippen LogP contribution in [0.3, 0.4) is 0 Å². The van der Waals surface area contributed by atoms with Gasteiger partial charge in [0.1, 0.15) is 11.5 Å². The van der Waals surface area contributed by atoms with E-state index in [1.807, 2.05) is 48.5 Å². The minimum atomic E-state index is -0.439. The fourth-order valence-corrected chi connectivity index (χ4v) is 3.19. The van der Waals surface area contributed by atoms with Gasteiger partial charge in [-0.1, -0.05) is 24.3 Å². The van der Waals surface area contributed by atoms with Crippen LogP contribution in [0.2, 0.25) is 0 Å². The van der Waals surface area contributed by atoms with Gasteiger partial charge in [0.15, 0.2) is 5.78 Å². The molecule has 1 amide bonds. The second kappa shape index (κ2) is 9.78. The van der Waals surface area contributed by atoms with Gasteiger partial charge in [-0.2, -0.15) is 0 Å². The number of Topliss-reactive ketones (excluding diaryl/α,β-unsaturated/α-hetero) is 1. The number of hydrogen-bond donors (Lipinski definition) is 0. The molecule has 0 bridgehead atoms. The zero-order chi connectivity index (χ0) is 21.5. The molecule has 0 aromatic heterocycles. The Labute approximate surface area is 176 Å². The van der Waals surface area contributed by atoms with Crippen LogP contribution < -0.4 is 9.47 Å². The molecule has 0 spiro atoms. The van der Waals surface area contributed by atoms with Gasteiger partial charge in [0, 0.05) is 11.1 Å². The molecule has 2 aromatic rings. The summed E-state index contributed by atoms with van der Waals surface area (Å²) in [5, 5.41) is 0. The van der Waals surface area contributed by atoms with Gasteiger partial charge in [-0.05, 0) is 54.5 Å². The summed E-state index contributed by atoms with van der Waals surface area (Å²) < 4.78 is 15.5. The Bertz CT molecular complexity index is 889. The van der Waals surface area contributed by atoms with Gasteiger partial charge in [0.05, 0.1) is 33.9 Å². The first-order chi connectivity index (χ1) is 14.5. The summed E-state index contributed by atoms with van der Waals surface area (Å²) in [6.07, 6.45) is 3.16. The van der Waals surface area contributed by atoms with Crippen LogP contribution >= 0.6 is 0 Å². The normalized spacial score (nSPS) is 16.6. The maximum Gasteiger partial charge on any atom is 0.410 e. The van der Waals surface area contributed by atoms with Crippen molar-refractivity contribution >= 4 is 24.0 Å². The third-order valence-corrected chi connectivity index (χ3v) is 4.75. The molecule has 3 rings (SSSR count). The number of carbonyl (C=O) groups excluding carboxylic acids is 2. The Balaban J connectivity index is 1.94. The quantitative estimate of drug-likeness (QED) is 0.695. The molecular formula is C24H25NO5. The third kappa shape index (κ3) is 5.08. The van der Waals surface area contributed by atoms with Gasteiger partial charge >= 0.3 is 6.09 Å².